The van der Waals surface area contributed by atoms with Crippen LogP contribution in [0.2, 0.25) is 0 Å². The lowest BCUT2D eigenvalue weighted by Crippen LogP contribution is -2.14. The average molecular weight is 219 g/mol. The van der Waals surface area contributed by atoms with Gasteiger partial charge in [0.15, 0.2) is 5.78 Å². The normalized spacial score (nSPS) is 15.5. The molecule has 2 rings (SSSR count). The molecule has 1 aliphatic rings. The summed E-state index contributed by atoms with van der Waals surface area (Å²) in [5, 5.41) is 0. The van der Waals surface area contributed by atoms with Gasteiger partial charge >= 0.3 is 0 Å². The van der Waals surface area contributed by atoms with Gasteiger partial charge in [-0.2, -0.15) is 0 Å². The van der Waals surface area contributed by atoms with Crippen LogP contribution in [-0.4, -0.2) is 25.7 Å². The Morgan fingerprint density at radius 2 is 2.00 bits per heavy atom. The molecule has 0 atom stereocenters. The van der Waals surface area contributed by atoms with E-state index in [1.54, 1.807) is 12.1 Å². The van der Waals surface area contributed by atoms with Crippen molar-refractivity contribution in [2.24, 2.45) is 4.99 Å². The average Bonchev–Trinajstić information content (AvgIpc) is 2.30. The molecule has 3 nitrogen and oxygen atoms in total. The van der Waals surface area contributed by atoms with Crippen LogP contribution in [0.5, 0.6) is 0 Å². The topological polar surface area (TPSA) is 38.7 Å². The van der Waals surface area contributed by atoms with Gasteiger partial charge < -0.3 is 4.74 Å². The third-order valence-electron chi connectivity index (χ3n) is 2.32. The first-order chi connectivity index (χ1) is 7.72. The van der Waals surface area contributed by atoms with Gasteiger partial charge in [0.05, 0.1) is 18.9 Å². The van der Waals surface area contributed by atoms with Gasteiger partial charge in [0.1, 0.15) is 18.1 Å². The summed E-state index contributed by atoms with van der Waals surface area (Å²) in [5.41, 5.74) is 1.10. The van der Waals surface area contributed by atoms with Crippen LogP contribution < -0.4 is 0 Å². The molecule has 0 saturated carbocycles. The van der Waals surface area contributed by atoms with E-state index in [9.17, 15) is 9.18 Å². The monoisotopic (exact) mass is 219 g/mol. The van der Waals surface area contributed by atoms with E-state index in [2.05, 4.69) is 4.99 Å². The Balaban J connectivity index is 2.51. The number of hydrogen-bond donors (Lipinski definition) is 0. The summed E-state index contributed by atoms with van der Waals surface area (Å²) in [6.07, 6.45) is 1.51. The Morgan fingerprint density at radius 3 is 2.62 bits per heavy atom. The number of benzene rings is 1. The predicted octanol–water partition coefficient (Wildman–Crippen LogP) is 1.84. The first kappa shape index (κ1) is 10.5. The van der Waals surface area contributed by atoms with Crippen molar-refractivity contribution >= 4 is 17.6 Å². The number of halogens is 1. The van der Waals surface area contributed by atoms with Crippen molar-refractivity contribution in [1.82, 2.24) is 0 Å². The molecule has 1 aliphatic heterocycles. The number of carbonyl (C=O) groups is 1. The molecule has 0 unspecified atom stereocenters. The molecule has 1 aromatic carbocycles. The second-order valence-electron chi connectivity index (χ2n) is 3.34. The van der Waals surface area contributed by atoms with Gasteiger partial charge in [-0.05, 0) is 17.7 Å². The lowest BCUT2D eigenvalue weighted by molar-refractivity contribution is -0.112. The Labute approximate surface area is 92.3 Å². The molecule has 1 aromatic rings. The predicted molar refractivity (Wildman–Crippen MR) is 58.7 cm³/mol. The summed E-state index contributed by atoms with van der Waals surface area (Å²) in [6, 6.07) is 5.74. The number of Topliss-reactive ketones (excluding diaryl/α,β-unsaturated/α-hetero) is 1. The van der Waals surface area contributed by atoms with Gasteiger partial charge in [-0.25, -0.2) is 4.39 Å². The Morgan fingerprint density at radius 1 is 1.31 bits per heavy atom. The highest BCUT2D eigenvalue weighted by atomic mass is 19.1. The number of allylic oxidation sites excluding steroid dienone is 1. The van der Waals surface area contributed by atoms with Gasteiger partial charge in [0.25, 0.3) is 0 Å². The SMILES string of the molecule is COC1=C(c2ccc(F)cc2)C(=O)CN=C1. The number of ketones is 1. The van der Waals surface area contributed by atoms with Crippen LogP contribution in [0.1, 0.15) is 5.56 Å². The first-order valence-electron chi connectivity index (χ1n) is 4.79. The van der Waals surface area contributed by atoms with Crippen molar-refractivity contribution in [3.63, 3.8) is 0 Å². The minimum atomic E-state index is -0.333. The van der Waals surface area contributed by atoms with Crippen LogP contribution in [-0.2, 0) is 9.53 Å². The van der Waals surface area contributed by atoms with E-state index in [-0.39, 0.29) is 18.1 Å². The number of nitrogens with zero attached hydrogens (tertiary/aromatic N) is 1. The Hall–Kier alpha value is -1.97. The number of methoxy groups -OCH3 is 1. The fourth-order valence-corrected chi connectivity index (χ4v) is 1.57. The summed E-state index contributed by atoms with van der Waals surface area (Å²) >= 11 is 0. The van der Waals surface area contributed by atoms with Crippen molar-refractivity contribution in [2.45, 2.75) is 0 Å². The van der Waals surface area contributed by atoms with Crippen LogP contribution in [0.15, 0.2) is 35.0 Å². The summed E-state index contributed by atoms with van der Waals surface area (Å²) in [6.45, 7) is 0.111. The highest BCUT2D eigenvalue weighted by Gasteiger charge is 2.20. The van der Waals surface area contributed by atoms with E-state index in [0.717, 1.165) is 0 Å². The number of aliphatic imine (C=N–C) groups is 1. The minimum Gasteiger partial charge on any atom is -0.494 e. The fraction of sp³-hybridized carbons (Fsp3) is 0.167. The van der Waals surface area contributed by atoms with E-state index in [1.807, 2.05) is 0 Å². The first-order valence-corrected chi connectivity index (χ1v) is 4.79. The third kappa shape index (κ3) is 1.86. The number of carbonyl (C=O) groups excluding carboxylic acids is 1. The molecule has 0 N–H and O–H groups in total. The molecule has 0 saturated heterocycles. The molecular weight excluding hydrogens is 209 g/mol. The van der Waals surface area contributed by atoms with Crippen LogP contribution in [0.4, 0.5) is 4.39 Å². The van der Waals surface area contributed by atoms with E-state index in [1.165, 1.54) is 25.5 Å². The Bertz CT molecular complexity index is 474. The molecule has 0 fully saturated rings. The van der Waals surface area contributed by atoms with Gasteiger partial charge in [0, 0.05) is 0 Å². The highest BCUT2D eigenvalue weighted by molar-refractivity contribution is 6.27. The zero-order chi connectivity index (χ0) is 11.5. The highest BCUT2D eigenvalue weighted by Crippen LogP contribution is 2.22. The van der Waals surface area contributed by atoms with Crippen molar-refractivity contribution in [1.29, 1.82) is 0 Å². The second kappa shape index (κ2) is 4.26. The molecular formula is C12H10FNO2. The molecule has 0 radical (unpaired) electrons. The maximum Gasteiger partial charge on any atom is 0.188 e. The number of rotatable bonds is 2. The number of ether oxygens (including phenoxy) is 1. The van der Waals surface area contributed by atoms with Crippen LogP contribution >= 0.6 is 0 Å². The lowest BCUT2D eigenvalue weighted by atomic mass is 9.99. The van der Waals surface area contributed by atoms with Crippen molar-refractivity contribution in [3.8, 4) is 0 Å². The lowest BCUT2D eigenvalue weighted by Gasteiger charge is -2.13. The molecule has 0 amide bonds. The largest absolute Gasteiger partial charge is 0.494 e. The maximum absolute atomic E-state index is 12.8. The summed E-state index contributed by atoms with van der Waals surface area (Å²) in [7, 11) is 1.48. The summed E-state index contributed by atoms with van der Waals surface area (Å²) in [4.78, 5) is 15.6. The van der Waals surface area contributed by atoms with Gasteiger partial charge in [-0.1, -0.05) is 12.1 Å². The van der Waals surface area contributed by atoms with Crippen LogP contribution in [0.3, 0.4) is 0 Å². The maximum atomic E-state index is 12.8. The van der Waals surface area contributed by atoms with E-state index >= 15 is 0 Å². The summed E-state index contributed by atoms with van der Waals surface area (Å²) < 4.78 is 17.8. The quantitative estimate of drug-likeness (QED) is 0.761. The van der Waals surface area contributed by atoms with E-state index < -0.39 is 0 Å². The molecule has 4 heteroatoms. The summed E-state index contributed by atoms with van der Waals surface area (Å²) in [5.74, 6) is -0.0333. The fourth-order valence-electron chi connectivity index (χ4n) is 1.57. The van der Waals surface area contributed by atoms with Crippen molar-refractivity contribution in [2.75, 3.05) is 13.7 Å². The molecule has 1 heterocycles. The zero-order valence-corrected chi connectivity index (χ0v) is 8.74. The van der Waals surface area contributed by atoms with Crippen LogP contribution in [0.25, 0.3) is 5.57 Å². The van der Waals surface area contributed by atoms with Crippen molar-refractivity contribution in [3.05, 3.63) is 41.4 Å². The molecule has 16 heavy (non-hydrogen) atoms. The Kier molecular flexibility index (Phi) is 2.81. The van der Waals surface area contributed by atoms with E-state index in [0.29, 0.717) is 16.9 Å². The number of hydrogen-bond acceptors (Lipinski definition) is 3. The van der Waals surface area contributed by atoms with Gasteiger partial charge in [0.2, 0.25) is 0 Å². The van der Waals surface area contributed by atoms with Crippen molar-refractivity contribution < 1.29 is 13.9 Å². The van der Waals surface area contributed by atoms with Gasteiger partial charge in [-0.3, -0.25) is 9.79 Å². The zero-order valence-electron chi connectivity index (χ0n) is 8.74. The molecule has 82 valence electrons. The molecule has 0 bridgehead atoms. The number of dihydropyridines is 1. The second-order valence-corrected chi connectivity index (χ2v) is 3.34. The molecule has 0 spiro atoms. The minimum absolute atomic E-state index is 0.111. The standard InChI is InChI=1S/C12H10FNO2/c1-16-11-7-14-6-10(15)12(11)8-2-4-9(13)5-3-8/h2-5,7H,6H2,1H3. The smallest absolute Gasteiger partial charge is 0.188 e. The van der Waals surface area contributed by atoms with Gasteiger partial charge in [-0.15, -0.1) is 0 Å². The van der Waals surface area contributed by atoms with Crippen LogP contribution in [0, 0.1) is 5.82 Å². The van der Waals surface area contributed by atoms with E-state index in [4.69, 9.17) is 4.74 Å². The molecule has 0 aromatic heterocycles. The molecule has 0 aliphatic carbocycles. The third-order valence-corrected chi connectivity index (χ3v) is 2.32.